The lowest BCUT2D eigenvalue weighted by molar-refractivity contribution is -0.128. The van der Waals surface area contributed by atoms with Gasteiger partial charge >= 0.3 is 5.97 Å². The zero-order valence-electron chi connectivity index (χ0n) is 6.91. The molecular weight excluding hydrogens is 152 g/mol. The van der Waals surface area contributed by atoms with Crippen molar-refractivity contribution in [3.63, 3.8) is 0 Å². The Hall–Kier alpha value is -1.57. The highest BCUT2D eigenvalue weighted by Gasteiger charge is 1.97. The van der Waals surface area contributed by atoms with E-state index in [2.05, 4.69) is 6.58 Å². The van der Waals surface area contributed by atoms with E-state index < -0.39 is 5.97 Å². The van der Waals surface area contributed by atoms with Crippen LogP contribution in [0.3, 0.4) is 0 Å². The Labute approximate surface area is 71.5 Å². The van der Waals surface area contributed by atoms with Crippen LogP contribution in [-0.2, 0) is 4.79 Å². The summed E-state index contributed by atoms with van der Waals surface area (Å²) in [5.74, 6) is 0.125. The molecule has 1 aromatic rings. The molecule has 62 valence electrons. The number of carbonyl (C=O) groups is 1. The van der Waals surface area contributed by atoms with Crippen molar-refractivity contribution >= 4 is 5.97 Å². The topological polar surface area (TPSA) is 26.3 Å². The van der Waals surface area contributed by atoms with Gasteiger partial charge in [-0.25, -0.2) is 4.79 Å². The zero-order chi connectivity index (χ0) is 8.97. The molecule has 0 aliphatic carbocycles. The molecule has 2 nitrogen and oxygen atoms in total. The average molecular weight is 162 g/mol. The van der Waals surface area contributed by atoms with Crippen LogP contribution >= 0.6 is 0 Å². The average Bonchev–Trinajstić information content (AvgIpc) is 2.04. The number of rotatable bonds is 2. The molecule has 2 heteroatoms. The first kappa shape index (κ1) is 8.53. The molecule has 0 aromatic heterocycles. The van der Waals surface area contributed by atoms with Gasteiger partial charge in [-0.15, -0.1) is 0 Å². The van der Waals surface area contributed by atoms with Crippen LogP contribution in [0.4, 0.5) is 0 Å². The fraction of sp³-hybridized carbons (Fsp3) is 0.100. The molecule has 0 fully saturated rings. The second-order valence-electron chi connectivity index (χ2n) is 2.44. The van der Waals surface area contributed by atoms with Crippen molar-refractivity contribution in [2.24, 2.45) is 0 Å². The van der Waals surface area contributed by atoms with Crippen molar-refractivity contribution in [1.29, 1.82) is 0 Å². The Kier molecular flexibility index (Phi) is 2.64. The van der Waals surface area contributed by atoms with E-state index in [1.165, 1.54) is 0 Å². The fourth-order valence-electron chi connectivity index (χ4n) is 0.837. The molecule has 0 aliphatic heterocycles. The number of hydrogen-bond acceptors (Lipinski definition) is 2. The van der Waals surface area contributed by atoms with E-state index in [0.29, 0.717) is 5.75 Å². The van der Waals surface area contributed by atoms with Crippen molar-refractivity contribution in [2.75, 3.05) is 0 Å². The van der Waals surface area contributed by atoms with Crippen LogP contribution in [0, 0.1) is 6.92 Å². The van der Waals surface area contributed by atoms with E-state index in [4.69, 9.17) is 4.74 Å². The molecule has 0 amide bonds. The van der Waals surface area contributed by atoms with Crippen LogP contribution in [0.5, 0.6) is 5.75 Å². The van der Waals surface area contributed by atoms with E-state index >= 15 is 0 Å². The van der Waals surface area contributed by atoms with E-state index in [1.54, 1.807) is 12.1 Å². The van der Waals surface area contributed by atoms with Gasteiger partial charge in [-0.05, 0) is 24.6 Å². The van der Waals surface area contributed by atoms with Gasteiger partial charge in [-0.3, -0.25) is 0 Å². The number of benzene rings is 1. The van der Waals surface area contributed by atoms with Crippen molar-refractivity contribution in [3.8, 4) is 5.75 Å². The summed E-state index contributed by atoms with van der Waals surface area (Å²) in [6.07, 6.45) is 1.14. The molecule has 0 bridgehead atoms. The number of esters is 1. The Morgan fingerprint density at radius 1 is 1.58 bits per heavy atom. The molecule has 12 heavy (non-hydrogen) atoms. The lowest BCUT2D eigenvalue weighted by Gasteiger charge is -2.00. The van der Waals surface area contributed by atoms with Gasteiger partial charge in [0.15, 0.2) is 0 Å². The Bertz CT molecular complexity index is 302. The third kappa shape index (κ3) is 2.23. The van der Waals surface area contributed by atoms with Crippen molar-refractivity contribution in [1.82, 2.24) is 0 Å². The van der Waals surface area contributed by atoms with Gasteiger partial charge in [0.05, 0.1) is 0 Å². The molecule has 1 rings (SSSR count). The quantitative estimate of drug-likeness (QED) is 0.378. The summed E-state index contributed by atoms with van der Waals surface area (Å²) in [5.41, 5.74) is 1.06. The van der Waals surface area contributed by atoms with Gasteiger partial charge in [0.2, 0.25) is 0 Å². The van der Waals surface area contributed by atoms with Crippen LogP contribution in [0.2, 0.25) is 0 Å². The van der Waals surface area contributed by atoms with Crippen molar-refractivity contribution < 1.29 is 9.53 Å². The smallest absolute Gasteiger partial charge is 0.335 e. The molecule has 0 unspecified atom stereocenters. The summed E-state index contributed by atoms with van der Waals surface area (Å²) in [4.78, 5) is 10.8. The summed E-state index contributed by atoms with van der Waals surface area (Å²) in [5, 5.41) is 0. The highest BCUT2D eigenvalue weighted by molar-refractivity contribution is 5.83. The maximum atomic E-state index is 10.8. The minimum absolute atomic E-state index is 0.430. The molecule has 0 heterocycles. The van der Waals surface area contributed by atoms with Gasteiger partial charge < -0.3 is 4.74 Å². The Morgan fingerprint density at radius 2 is 2.33 bits per heavy atom. The molecule has 1 aromatic carbocycles. The van der Waals surface area contributed by atoms with Crippen LogP contribution in [0.25, 0.3) is 0 Å². The molecule has 0 N–H and O–H groups in total. The third-order valence-corrected chi connectivity index (χ3v) is 1.37. The first-order valence-electron chi connectivity index (χ1n) is 3.63. The van der Waals surface area contributed by atoms with Gasteiger partial charge in [0, 0.05) is 6.08 Å². The summed E-state index contributed by atoms with van der Waals surface area (Å²) < 4.78 is 4.89. The zero-order valence-corrected chi connectivity index (χ0v) is 6.91. The Morgan fingerprint density at radius 3 is 2.92 bits per heavy atom. The lowest BCUT2D eigenvalue weighted by Crippen LogP contribution is -2.02. The van der Waals surface area contributed by atoms with Crippen LogP contribution in [0.15, 0.2) is 36.9 Å². The van der Waals surface area contributed by atoms with Gasteiger partial charge in [0.25, 0.3) is 0 Å². The number of ether oxygens (including phenoxy) is 1. The fourth-order valence-corrected chi connectivity index (χ4v) is 0.837. The SMILES string of the molecule is C=CC(=O)Oc1cccc(C)c1. The molecule has 0 aliphatic rings. The van der Waals surface area contributed by atoms with E-state index in [9.17, 15) is 4.79 Å². The summed E-state index contributed by atoms with van der Waals surface area (Å²) in [6.45, 7) is 5.24. The van der Waals surface area contributed by atoms with Gasteiger partial charge in [0.1, 0.15) is 5.75 Å². The van der Waals surface area contributed by atoms with Gasteiger partial charge in [-0.2, -0.15) is 0 Å². The monoisotopic (exact) mass is 162 g/mol. The summed E-state index contributed by atoms with van der Waals surface area (Å²) in [7, 11) is 0. The number of carbonyl (C=O) groups excluding carboxylic acids is 1. The van der Waals surface area contributed by atoms with E-state index in [1.807, 2.05) is 19.1 Å². The minimum atomic E-state index is -0.430. The molecule has 0 saturated heterocycles. The second-order valence-corrected chi connectivity index (χ2v) is 2.44. The Balaban J connectivity index is 2.76. The first-order chi connectivity index (χ1) is 5.72. The molecule has 0 spiro atoms. The normalized spacial score (nSPS) is 9.08. The van der Waals surface area contributed by atoms with Crippen LogP contribution in [-0.4, -0.2) is 5.97 Å². The maximum Gasteiger partial charge on any atom is 0.335 e. The predicted molar refractivity (Wildman–Crippen MR) is 47.0 cm³/mol. The first-order valence-corrected chi connectivity index (χ1v) is 3.63. The molecule has 0 radical (unpaired) electrons. The minimum Gasteiger partial charge on any atom is -0.423 e. The van der Waals surface area contributed by atoms with Gasteiger partial charge in [-0.1, -0.05) is 18.7 Å². The number of aryl methyl sites for hydroxylation is 1. The molecular formula is C10H10O2. The van der Waals surface area contributed by atoms with Crippen LogP contribution < -0.4 is 4.74 Å². The van der Waals surface area contributed by atoms with Crippen molar-refractivity contribution in [3.05, 3.63) is 42.5 Å². The summed E-state index contributed by atoms with van der Waals surface area (Å²) in [6, 6.07) is 7.29. The van der Waals surface area contributed by atoms with E-state index in [0.717, 1.165) is 11.6 Å². The van der Waals surface area contributed by atoms with Crippen molar-refractivity contribution in [2.45, 2.75) is 6.92 Å². The second kappa shape index (κ2) is 3.72. The molecule has 0 atom stereocenters. The predicted octanol–water partition coefficient (Wildman–Crippen LogP) is 2.09. The standard InChI is InChI=1S/C10H10O2/c1-3-10(11)12-9-6-4-5-8(2)7-9/h3-7H,1H2,2H3. The third-order valence-electron chi connectivity index (χ3n) is 1.37. The maximum absolute atomic E-state index is 10.8. The molecule has 0 saturated carbocycles. The highest BCUT2D eigenvalue weighted by Crippen LogP contribution is 2.12. The van der Waals surface area contributed by atoms with E-state index in [-0.39, 0.29) is 0 Å². The summed E-state index contributed by atoms with van der Waals surface area (Å²) >= 11 is 0. The number of hydrogen-bond donors (Lipinski definition) is 0. The lowest BCUT2D eigenvalue weighted by atomic mass is 10.2. The largest absolute Gasteiger partial charge is 0.423 e. The van der Waals surface area contributed by atoms with Crippen LogP contribution in [0.1, 0.15) is 5.56 Å². The highest BCUT2D eigenvalue weighted by atomic mass is 16.5.